The van der Waals surface area contributed by atoms with Gasteiger partial charge in [0.05, 0.1) is 0 Å². The van der Waals surface area contributed by atoms with E-state index in [1.165, 1.54) is 0 Å². The van der Waals surface area contributed by atoms with Crippen LogP contribution in [-0.2, 0) is 5.06 Å². The van der Waals surface area contributed by atoms with Crippen LogP contribution in [0.3, 0.4) is 0 Å². The molecule has 0 aliphatic rings. The molecule has 0 saturated heterocycles. The Morgan fingerprint density at radius 3 is 2.36 bits per heavy atom. The third-order valence-electron chi connectivity index (χ3n) is 1.68. The lowest BCUT2D eigenvalue weighted by Crippen LogP contribution is -2.15. The number of rotatable bonds is 2. The van der Waals surface area contributed by atoms with Crippen LogP contribution in [0, 0.1) is 0 Å². The molecule has 0 bridgehead atoms. The summed E-state index contributed by atoms with van der Waals surface area (Å²) in [7, 11) is 0. The van der Waals surface area contributed by atoms with Crippen molar-refractivity contribution >= 4 is 11.6 Å². The summed E-state index contributed by atoms with van der Waals surface area (Å²) in [5.41, 5.74) is 0.754. The van der Waals surface area contributed by atoms with Crippen LogP contribution in [-0.4, -0.2) is 5.11 Å². The van der Waals surface area contributed by atoms with E-state index in [9.17, 15) is 5.11 Å². The first kappa shape index (κ1) is 8.57. The molecule has 1 unspecified atom stereocenters. The lowest BCUT2D eigenvalue weighted by atomic mass is 10.1. The summed E-state index contributed by atoms with van der Waals surface area (Å²) >= 11 is 5.80. The van der Waals surface area contributed by atoms with Crippen LogP contribution in [0.25, 0.3) is 0 Å². The molecule has 11 heavy (non-hydrogen) atoms. The van der Waals surface area contributed by atoms with Crippen molar-refractivity contribution in [2.75, 3.05) is 0 Å². The van der Waals surface area contributed by atoms with E-state index in [0.29, 0.717) is 6.42 Å². The van der Waals surface area contributed by atoms with Crippen LogP contribution in [0.2, 0.25) is 0 Å². The smallest absolute Gasteiger partial charge is 0.164 e. The van der Waals surface area contributed by atoms with Crippen molar-refractivity contribution < 1.29 is 5.11 Å². The zero-order valence-corrected chi connectivity index (χ0v) is 7.17. The number of benzene rings is 1. The molecule has 0 saturated carbocycles. The van der Waals surface area contributed by atoms with Crippen LogP contribution < -0.4 is 0 Å². The van der Waals surface area contributed by atoms with Gasteiger partial charge in [-0.3, -0.25) is 0 Å². The molecule has 60 valence electrons. The monoisotopic (exact) mass is 170 g/mol. The molecule has 0 heterocycles. The highest BCUT2D eigenvalue weighted by Crippen LogP contribution is 2.28. The van der Waals surface area contributed by atoms with Crippen molar-refractivity contribution in [3.05, 3.63) is 35.9 Å². The van der Waals surface area contributed by atoms with Crippen molar-refractivity contribution in [3.8, 4) is 0 Å². The maximum atomic E-state index is 9.56. The Morgan fingerprint density at radius 2 is 1.91 bits per heavy atom. The average molecular weight is 171 g/mol. The molecule has 1 aromatic rings. The molecule has 0 fully saturated rings. The second kappa shape index (κ2) is 3.24. The lowest BCUT2D eigenvalue weighted by Gasteiger charge is -2.18. The fourth-order valence-corrected chi connectivity index (χ4v) is 1.02. The van der Waals surface area contributed by atoms with Crippen LogP contribution in [0.1, 0.15) is 18.9 Å². The van der Waals surface area contributed by atoms with Crippen LogP contribution in [0.15, 0.2) is 30.3 Å². The molecule has 0 radical (unpaired) electrons. The Kier molecular flexibility index (Phi) is 2.53. The normalized spacial score (nSPS) is 15.9. The molecule has 1 N–H and O–H groups in total. The van der Waals surface area contributed by atoms with E-state index < -0.39 is 5.06 Å². The van der Waals surface area contributed by atoms with Crippen LogP contribution in [0.4, 0.5) is 0 Å². The number of hydrogen-bond donors (Lipinski definition) is 1. The first-order chi connectivity index (χ1) is 5.17. The van der Waals surface area contributed by atoms with Gasteiger partial charge in [-0.05, 0) is 12.0 Å². The predicted molar refractivity (Wildman–Crippen MR) is 46.5 cm³/mol. The highest BCUT2D eigenvalue weighted by atomic mass is 35.5. The molecular formula is C9H11ClO. The van der Waals surface area contributed by atoms with E-state index in [-0.39, 0.29) is 0 Å². The summed E-state index contributed by atoms with van der Waals surface area (Å²) in [5, 5.41) is 8.37. The van der Waals surface area contributed by atoms with E-state index in [0.717, 1.165) is 5.56 Å². The van der Waals surface area contributed by atoms with Crippen LogP contribution in [0.5, 0.6) is 0 Å². The zero-order valence-electron chi connectivity index (χ0n) is 6.42. The maximum Gasteiger partial charge on any atom is 0.164 e. The van der Waals surface area contributed by atoms with Crippen molar-refractivity contribution in [3.63, 3.8) is 0 Å². The minimum absolute atomic E-state index is 0.512. The van der Waals surface area contributed by atoms with E-state index in [2.05, 4.69) is 0 Å². The summed E-state index contributed by atoms with van der Waals surface area (Å²) in [6.07, 6.45) is 0.512. The molecule has 1 aromatic carbocycles. The Balaban J connectivity index is 2.93. The van der Waals surface area contributed by atoms with Crippen molar-refractivity contribution in [1.29, 1.82) is 0 Å². The highest BCUT2D eigenvalue weighted by Gasteiger charge is 2.22. The third kappa shape index (κ3) is 1.95. The summed E-state index contributed by atoms with van der Waals surface area (Å²) < 4.78 is 0. The first-order valence-corrected chi connectivity index (χ1v) is 4.01. The molecule has 0 spiro atoms. The van der Waals surface area contributed by atoms with Gasteiger partial charge in [0.2, 0.25) is 0 Å². The van der Waals surface area contributed by atoms with Gasteiger partial charge < -0.3 is 5.11 Å². The molecule has 1 rings (SSSR count). The summed E-state index contributed by atoms with van der Waals surface area (Å²) in [6, 6.07) is 9.25. The van der Waals surface area contributed by atoms with Gasteiger partial charge in [0.15, 0.2) is 5.06 Å². The molecular weight excluding hydrogens is 160 g/mol. The van der Waals surface area contributed by atoms with Gasteiger partial charge in [0.25, 0.3) is 0 Å². The standard InChI is InChI=1S/C9H11ClO/c1-2-9(10,11)8-6-4-3-5-7-8/h3-7,11H,2H2,1H3. The quantitative estimate of drug-likeness (QED) is 0.677. The minimum atomic E-state index is -1.19. The fourth-order valence-electron chi connectivity index (χ4n) is 0.898. The van der Waals surface area contributed by atoms with Crippen molar-refractivity contribution in [1.82, 2.24) is 0 Å². The topological polar surface area (TPSA) is 20.2 Å². The molecule has 0 aliphatic carbocycles. The Hall–Kier alpha value is -0.530. The first-order valence-electron chi connectivity index (χ1n) is 3.63. The second-order valence-electron chi connectivity index (χ2n) is 2.48. The third-order valence-corrected chi connectivity index (χ3v) is 2.17. The Labute approximate surface area is 71.6 Å². The maximum absolute atomic E-state index is 9.56. The zero-order chi connectivity index (χ0) is 8.32. The number of halogens is 1. The summed E-state index contributed by atoms with van der Waals surface area (Å²) in [6.45, 7) is 1.85. The van der Waals surface area contributed by atoms with Gasteiger partial charge in [-0.15, -0.1) is 0 Å². The molecule has 0 aliphatic heterocycles. The van der Waals surface area contributed by atoms with E-state index in [1.807, 2.05) is 37.3 Å². The minimum Gasteiger partial charge on any atom is -0.371 e. The van der Waals surface area contributed by atoms with E-state index in [1.54, 1.807) is 0 Å². The molecule has 0 amide bonds. The second-order valence-corrected chi connectivity index (χ2v) is 3.10. The SMILES string of the molecule is CCC(O)(Cl)c1ccccc1. The largest absolute Gasteiger partial charge is 0.371 e. The van der Waals surface area contributed by atoms with E-state index >= 15 is 0 Å². The summed E-state index contributed by atoms with van der Waals surface area (Å²) in [4.78, 5) is 0. The van der Waals surface area contributed by atoms with Gasteiger partial charge >= 0.3 is 0 Å². The number of hydrogen-bond acceptors (Lipinski definition) is 1. The molecule has 1 nitrogen and oxygen atoms in total. The highest BCUT2D eigenvalue weighted by molar-refractivity contribution is 6.22. The Morgan fingerprint density at radius 1 is 1.36 bits per heavy atom. The number of alkyl halides is 1. The lowest BCUT2D eigenvalue weighted by molar-refractivity contribution is 0.124. The van der Waals surface area contributed by atoms with Crippen molar-refractivity contribution in [2.45, 2.75) is 18.4 Å². The molecule has 0 aromatic heterocycles. The van der Waals surface area contributed by atoms with Gasteiger partial charge in [-0.25, -0.2) is 0 Å². The van der Waals surface area contributed by atoms with Gasteiger partial charge in [-0.1, -0.05) is 48.9 Å². The predicted octanol–water partition coefficient (Wildman–Crippen LogP) is 2.48. The fraction of sp³-hybridized carbons (Fsp3) is 0.333. The molecule has 2 heteroatoms. The van der Waals surface area contributed by atoms with Gasteiger partial charge in [-0.2, -0.15) is 0 Å². The van der Waals surface area contributed by atoms with Gasteiger partial charge in [0, 0.05) is 0 Å². The average Bonchev–Trinajstić information content (AvgIpc) is 2.06. The summed E-state index contributed by atoms with van der Waals surface area (Å²) in [5.74, 6) is 0. The van der Waals surface area contributed by atoms with Gasteiger partial charge in [0.1, 0.15) is 0 Å². The number of aliphatic hydroxyl groups is 1. The van der Waals surface area contributed by atoms with Crippen LogP contribution >= 0.6 is 11.6 Å². The van der Waals surface area contributed by atoms with E-state index in [4.69, 9.17) is 11.6 Å². The van der Waals surface area contributed by atoms with Crippen molar-refractivity contribution in [2.24, 2.45) is 0 Å². The molecule has 1 atom stereocenters. The Bertz CT molecular complexity index is 218.